The number of aromatic nitrogens is 2. The van der Waals surface area contributed by atoms with Crippen molar-refractivity contribution in [3.05, 3.63) is 46.4 Å². The summed E-state index contributed by atoms with van der Waals surface area (Å²) in [5.41, 5.74) is 2.66. The van der Waals surface area contributed by atoms with Gasteiger partial charge in [-0.2, -0.15) is 13.1 Å². The fourth-order valence-corrected chi connectivity index (χ4v) is 5.99. The molecule has 0 radical (unpaired) electrons. The van der Waals surface area contributed by atoms with Crippen LogP contribution in [-0.4, -0.2) is 40.5 Å². The summed E-state index contributed by atoms with van der Waals surface area (Å²) in [7, 11) is -3.76. The summed E-state index contributed by atoms with van der Waals surface area (Å²) in [6, 6.07) is 10.5. The predicted octanol–water partition coefficient (Wildman–Crippen LogP) is 3.80. The SMILES string of the molecule is Cc1cc(NC(=O)[C@@H]2CCCN(S(=O)(=O)c3cccc4nsnc34)C2)ccc1Br. The van der Waals surface area contributed by atoms with E-state index in [4.69, 9.17) is 0 Å². The van der Waals surface area contributed by atoms with Crippen LogP contribution in [0.25, 0.3) is 11.0 Å². The zero-order chi connectivity index (χ0) is 20.6. The maximum atomic E-state index is 13.2. The number of nitrogens with one attached hydrogen (secondary N) is 1. The number of amides is 1. The number of aryl methyl sites for hydroxylation is 1. The monoisotopic (exact) mass is 494 g/mol. The molecule has 29 heavy (non-hydrogen) atoms. The molecule has 1 aromatic heterocycles. The number of nitrogens with zero attached hydrogens (tertiary/aromatic N) is 3. The number of hydrogen-bond donors (Lipinski definition) is 1. The average Bonchev–Trinajstić information content (AvgIpc) is 3.19. The smallest absolute Gasteiger partial charge is 0.245 e. The van der Waals surface area contributed by atoms with Crippen LogP contribution in [0.3, 0.4) is 0 Å². The Morgan fingerprint density at radius 1 is 1.28 bits per heavy atom. The molecule has 0 aliphatic carbocycles. The van der Waals surface area contributed by atoms with Gasteiger partial charge in [-0.15, -0.1) is 0 Å². The van der Waals surface area contributed by atoms with Crippen LogP contribution in [0.2, 0.25) is 0 Å². The molecule has 2 aromatic carbocycles. The van der Waals surface area contributed by atoms with Crippen LogP contribution in [0, 0.1) is 12.8 Å². The van der Waals surface area contributed by atoms with Gasteiger partial charge in [0.2, 0.25) is 15.9 Å². The average molecular weight is 495 g/mol. The molecule has 0 bridgehead atoms. The lowest BCUT2D eigenvalue weighted by molar-refractivity contribution is -0.120. The van der Waals surface area contributed by atoms with Gasteiger partial charge in [-0.3, -0.25) is 4.79 Å². The number of benzene rings is 2. The Hall–Kier alpha value is -1.88. The lowest BCUT2D eigenvalue weighted by atomic mass is 9.98. The molecule has 1 fully saturated rings. The fraction of sp³-hybridized carbons (Fsp3) is 0.316. The Balaban J connectivity index is 1.53. The first kappa shape index (κ1) is 20.4. The second-order valence-electron chi connectivity index (χ2n) is 7.04. The first-order chi connectivity index (χ1) is 13.9. The van der Waals surface area contributed by atoms with Crippen molar-refractivity contribution in [3.63, 3.8) is 0 Å². The summed E-state index contributed by atoms with van der Waals surface area (Å²) in [6.07, 6.45) is 1.28. The van der Waals surface area contributed by atoms with Gasteiger partial charge in [-0.25, -0.2) is 8.42 Å². The largest absolute Gasteiger partial charge is 0.326 e. The van der Waals surface area contributed by atoms with E-state index in [-0.39, 0.29) is 17.3 Å². The van der Waals surface area contributed by atoms with E-state index in [9.17, 15) is 13.2 Å². The summed E-state index contributed by atoms with van der Waals surface area (Å²) in [4.78, 5) is 12.9. The quantitative estimate of drug-likeness (QED) is 0.595. The second kappa shape index (κ2) is 8.10. The van der Waals surface area contributed by atoms with Gasteiger partial charge < -0.3 is 5.32 Å². The molecule has 1 saturated heterocycles. The summed E-state index contributed by atoms with van der Waals surface area (Å²) in [6.45, 7) is 2.48. The number of halogens is 1. The highest BCUT2D eigenvalue weighted by molar-refractivity contribution is 9.10. The van der Waals surface area contributed by atoms with Gasteiger partial charge >= 0.3 is 0 Å². The molecular formula is C19H19BrN4O3S2. The highest BCUT2D eigenvalue weighted by atomic mass is 79.9. The summed E-state index contributed by atoms with van der Waals surface area (Å²) in [5, 5.41) is 2.92. The fourth-order valence-electron chi connectivity index (χ4n) is 3.47. The highest BCUT2D eigenvalue weighted by Gasteiger charge is 2.34. The highest BCUT2D eigenvalue weighted by Crippen LogP contribution is 2.29. The van der Waals surface area contributed by atoms with Crippen LogP contribution >= 0.6 is 27.7 Å². The second-order valence-corrected chi connectivity index (χ2v) is 10.3. The Morgan fingerprint density at radius 3 is 2.90 bits per heavy atom. The Bertz CT molecular complexity index is 1180. The molecular weight excluding hydrogens is 476 g/mol. The maximum absolute atomic E-state index is 13.2. The third kappa shape index (κ3) is 4.07. The molecule has 0 spiro atoms. The van der Waals surface area contributed by atoms with Gasteiger partial charge in [-0.1, -0.05) is 22.0 Å². The first-order valence-electron chi connectivity index (χ1n) is 9.15. The van der Waals surface area contributed by atoms with Gasteiger partial charge in [0.25, 0.3) is 0 Å². The van der Waals surface area contributed by atoms with Crippen LogP contribution in [0.5, 0.6) is 0 Å². The molecule has 4 rings (SSSR count). The Kier molecular flexibility index (Phi) is 5.69. The minimum Gasteiger partial charge on any atom is -0.326 e. The molecule has 7 nitrogen and oxygen atoms in total. The first-order valence-corrected chi connectivity index (χ1v) is 12.1. The van der Waals surface area contributed by atoms with Gasteiger partial charge in [0, 0.05) is 23.2 Å². The van der Waals surface area contributed by atoms with E-state index < -0.39 is 15.9 Å². The minimum atomic E-state index is -3.76. The minimum absolute atomic E-state index is 0.147. The molecule has 10 heteroatoms. The maximum Gasteiger partial charge on any atom is 0.245 e. The number of fused-ring (bicyclic) bond motifs is 1. The van der Waals surface area contributed by atoms with E-state index >= 15 is 0 Å². The standard InChI is InChI=1S/C19H19BrN4O3S2/c1-12-10-14(7-8-15(12)20)21-19(25)13-4-3-9-24(11-13)29(26,27)17-6-2-5-16-18(17)23-28-22-16/h2,5-8,10,13H,3-4,9,11H2,1H3,(H,21,25)/t13-/m1/s1. The molecule has 1 atom stereocenters. The number of carbonyl (C=O) groups is 1. The number of hydrogen-bond acceptors (Lipinski definition) is 6. The van der Waals surface area contributed by atoms with Crippen molar-refractivity contribution in [2.45, 2.75) is 24.7 Å². The van der Waals surface area contributed by atoms with E-state index in [2.05, 4.69) is 30.0 Å². The van der Waals surface area contributed by atoms with Crippen LogP contribution in [0.15, 0.2) is 45.8 Å². The van der Waals surface area contributed by atoms with E-state index in [1.807, 2.05) is 25.1 Å². The number of carbonyl (C=O) groups excluding carboxylic acids is 1. The third-order valence-electron chi connectivity index (χ3n) is 5.05. The van der Waals surface area contributed by atoms with Gasteiger partial charge in [-0.05, 0) is 55.7 Å². The van der Waals surface area contributed by atoms with Crippen molar-refractivity contribution in [2.75, 3.05) is 18.4 Å². The summed E-state index contributed by atoms with van der Waals surface area (Å²) < 4.78 is 37.1. The molecule has 0 saturated carbocycles. The zero-order valence-corrected chi connectivity index (χ0v) is 18.8. The molecule has 1 N–H and O–H groups in total. The summed E-state index contributed by atoms with van der Waals surface area (Å²) in [5.74, 6) is -0.574. The lowest BCUT2D eigenvalue weighted by Gasteiger charge is -2.31. The Labute approximate surface area is 181 Å². The van der Waals surface area contributed by atoms with Gasteiger partial charge in [0.1, 0.15) is 15.9 Å². The zero-order valence-electron chi connectivity index (χ0n) is 15.6. The van der Waals surface area contributed by atoms with Crippen LogP contribution in [0.1, 0.15) is 18.4 Å². The van der Waals surface area contributed by atoms with E-state index in [0.29, 0.717) is 36.1 Å². The number of rotatable bonds is 4. The van der Waals surface area contributed by atoms with Gasteiger partial charge in [0.05, 0.1) is 17.6 Å². The lowest BCUT2D eigenvalue weighted by Crippen LogP contribution is -2.43. The molecule has 1 amide bonds. The molecule has 1 aliphatic heterocycles. The Morgan fingerprint density at radius 2 is 2.10 bits per heavy atom. The van der Waals surface area contributed by atoms with E-state index in [0.717, 1.165) is 21.8 Å². The normalized spacial score (nSPS) is 18.1. The van der Waals surface area contributed by atoms with Crippen molar-refractivity contribution in [1.82, 2.24) is 13.1 Å². The van der Waals surface area contributed by atoms with Gasteiger partial charge in [0.15, 0.2) is 0 Å². The van der Waals surface area contributed by atoms with Crippen molar-refractivity contribution >= 4 is 60.3 Å². The molecule has 1 aliphatic rings. The van der Waals surface area contributed by atoms with Crippen molar-refractivity contribution in [1.29, 1.82) is 0 Å². The van der Waals surface area contributed by atoms with Crippen molar-refractivity contribution in [2.24, 2.45) is 5.92 Å². The molecule has 2 heterocycles. The van der Waals surface area contributed by atoms with Crippen LogP contribution < -0.4 is 5.32 Å². The predicted molar refractivity (Wildman–Crippen MR) is 116 cm³/mol. The number of piperidine rings is 1. The van der Waals surface area contributed by atoms with E-state index in [1.165, 1.54) is 4.31 Å². The molecule has 3 aromatic rings. The van der Waals surface area contributed by atoms with Crippen LogP contribution in [0.4, 0.5) is 5.69 Å². The topological polar surface area (TPSA) is 92.3 Å². The van der Waals surface area contributed by atoms with E-state index in [1.54, 1.807) is 18.2 Å². The number of sulfonamides is 1. The number of anilines is 1. The van der Waals surface area contributed by atoms with Crippen LogP contribution in [-0.2, 0) is 14.8 Å². The van der Waals surface area contributed by atoms with Crippen molar-refractivity contribution in [3.8, 4) is 0 Å². The molecule has 152 valence electrons. The molecule has 0 unspecified atom stereocenters. The third-order valence-corrected chi connectivity index (χ3v) is 8.38. The summed E-state index contributed by atoms with van der Waals surface area (Å²) >= 11 is 4.43. The van der Waals surface area contributed by atoms with Crippen molar-refractivity contribution < 1.29 is 13.2 Å².